The number of anilines is 1. The van der Waals surface area contributed by atoms with Gasteiger partial charge >= 0.3 is 0 Å². The Balaban J connectivity index is 3.04. The molecule has 0 unspecified atom stereocenters. The van der Waals surface area contributed by atoms with Crippen LogP contribution in [0, 0.1) is 6.92 Å². The van der Waals surface area contributed by atoms with E-state index in [2.05, 4.69) is 15.4 Å². The van der Waals surface area contributed by atoms with Crippen LogP contribution in [0.15, 0.2) is 0 Å². The first-order chi connectivity index (χ1) is 7.95. The predicted octanol–water partition coefficient (Wildman–Crippen LogP) is 1.84. The highest BCUT2D eigenvalue weighted by Gasteiger charge is 2.15. The fraction of sp³-hybridized carbons (Fsp3) is 0.600. The van der Waals surface area contributed by atoms with Gasteiger partial charge < -0.3 is 10.2 Å². The van der Waals surface area contributed by atoms with Gasteiger partial charge in [0.2, 0.25) is 5.88 Å². The summed E-state index contributed by atoms with van der Waals surface area (Å²) in [6.07, 6.45) is -2.54. The Morgan fingerprint density at radius 2 is 2.00 bits per heavy atom. The lowest BCUT2D eigenvalue weighted by Gasteiger charge is -2.13. The fourth-order valence-corrected chi connectivity index (χ4v) is 1.19. The zero-order chi connectivity index (χ0) is 13.0. The van der Waals surface area contributed by atoms with Gasteiger partial charge in [-0.1, -0.05) is 13.8 Å². The Morgan fingerprint density at radius 1 is 1.35 bits per heavy atom. The number of halogens is 2. The van der Waals surface area contributed by atoms with Crippen LogP contribution in [-0.4, -0.2) is 23.0 Å². The molecule has 17 heavy (non-hydrogen) atoms. The number of ether oxygens (including phenoxy) is 1. The van der Waals surface area contributed by atoms with E-state index in [0.717, 1.165) is 0 Å². The van der Waals surface area contributed by atoms with Crippen LogP contribution >= 0.6 is 0 Å². The molecule has 1 rings (SSSR count). The maximum atomic E-state index is 12.1. The van der Waals surface area contributed by atoms with Crippen molar-refractivity contribution >= 4 is 5.82 Å². The molecule has 0 radical (unpaired) electrons. The van der Waals surface area contributed by atoms with Gasteiger partial charge in [-0.25, -0.2) is 19.6 Å². The highest BCUT2D eigenvalue weighted by Crippen LogP contribution is 2.24. The standard InChI is InChI=1S/C10H16F2N4O/c1-5(2)8-14-9(16-13)6(3)10(15-8)17-4-7(11)12/h5,7H,4,13H2,1-3H3,(H,14,15,16). The van der Waals surface area contributed by atoms with E-state index in [1.807, 2.05) is 13.8 Å². The molecule has 0 aromatic carbocycles. The molecule has 0 atom stereocenters. The Hall–Kier alpha value is -1.50. The van der Waals surface area contributed by atoms with E-state index in [4.69, 9.17) is 10.6 Å². The number of hydrogen-bond acceptors (Lipinski definition) is 5. The van der Waals surface area contributed by atoms with Crippen LogP contribution in [0.2, 0.25) is 0 Å². The number of aromatic nitrogens is 2. The van der Waals surface area contributed by atoms with Crippen molar-refractivity contribution in [2.75, 3.05) is 12.0 Å². The molecule has 1 heterocycles. The number of rotatable bonds is 5. The van der Waals surface area contributed by atoms with Gasteiger partial charge in [-0.05, 0) is 6.92 Å². The maximum Gasteiger partial charge on any atom is 0.272 e. The van der Waals surface area contributed by atoms with Gasteiger partial charge in [0.25, 0.3) is 6.43 Å². The monoisotopic (exact) mass is 246 g/mol. The molecule has 0 aliphatic carbocycles. The van der Waals surface area contributed by atoms with Gasteiger partial charge in [0.15, 0.2) is 6.61 Å². The number of nitrogen functional groups attached to an aromatic ring is 1. The van der Waals surface area contributed by atoms with Crippen LogP contribution in [0.4, 0.5) is 14.6 Å². The first-order valence-electron chi connectivity index (χ1n) is 5.21. The molecular weight excluding hydrogens is 230 g/mol. The zero-order valence-electron chi connectivity index (χ0n) is 10.00. The Labute approximate surface area is 98.4 Å². The lowest BCUT2D eigenvalue weighted by molar-refractivity contribution is 0.0790. The third-order valence-corrected chi connectivity index (χ3v) is 2.12. The second kappa shape index (κ2) is 5.72. The number of nitrogens with two attached hydrogens (primary N) is 1. The van der Waals surface area contributed by atoms with Gasteiger partial charge in [0.1, 0.15) is 11.6 Å². The van der Waals surface area contributed by atoms with E-state index < -0.39 is 13.0 Å². The van der Waals surface area contributed by atoms with Crippen LogP contribution in [0.25, 0.3) is 0 Å². The summed E-state index contributed by atoms with van der Waals surface area (Å²) in [5, 5.41) is 0. The van der Waals surface area contributed by atoms with Gasteiger partial charge in [-0.15, -0.1) is 0 Å². The molecule has 1 aromatic heterocycles. The zero-order valence-corrected chi connectivity index (χ0v) is 10.00. The van der Waals surface area contributed by atoms with Crippen LogP contribution in [0.5, 0.6) is 5.88 Å². The summed E-state index contributed by atoms with van der Waals surface area (Å²) in [7, 11) is 0. The average Bonchev–Trinajstić information content (AvgIpc) is 2.27. The Kier molecular flexibility index (Phi) is 4.56. The molecule has 0 aliphatic rings. The highest BCUT2D eigenvalue weighted by atomic mass is 19.3. The summed E-state index contributed by atoms with van der Waals surface area (Å²) in [6, 6.07) is 0. The number of alkyl halides is 2. The van der Waals surface area contributed by atoms with E-state index in [1.54, 1.807) is 6.92 Å². The highest BCUT2D eigenvalue weighted by molar-refractivity contribution is 5.47. The minimum Gasteiger partial charge on any atom is -0.471 e. The third-order valence-electron chi connectivity index (χ3n) is 2.12. The van der Waals surface area contributed by atoms with Crippen molar-refractivity contribution in [3.63, 3.8) is 0 Å². The lowest BCUT2D eigenvalue weighted by atomic mass is 10.2. The normalized spacial score (nSPS) is 11.1. The van der Waals surface area contributed by atoms with Gasteiger partial charge in [0.05, 0.1) is 5.56 Å². The largest absolute Gasteiger partial charge is 0.471 e. The summed E-state index contributed by atoms with van der Waals surface area (Å²) >= 11 is 0. The molecule has 0 spiro atoms. The Bertz CT molecular complexity index is 385. The first kappa shape index (κ1) is 13.6. The molecule has 0 saturated carbocycles. The van der Waals surface area contributed by atoms with Gasteiger partial charge in [-0.3, -0.25) is 0 Å². The topological polar surface area (TPSA) is 73.1 Å². The first-order valence-corrected chi connectivity index (χ1v) is 5.21. The summed E-state index contributed by atoms with van der Waals surface area (Å²) in [5.74, 6) is 6.36. The van der Waals surface area contributed by atoms with Gasteiger partial charge in [-0.2, -0.15) is 4.98 Å². The third kappa shape index (κ3) is 3.48. The van der Waals surface area contributed by atoms with Crippen molar-refractivity contribution < 1.29 is 13.5 Å². The van der Waals surface area contributed by atoms with Crippen LogP contribution in [0.3, 0.4) is 0 Å². The molecule has 96 valence electrons. The van der Waals surface area contributed by atoms with Gasteiger partial charge in [0, 0.05) is 5.92 Å². The molecular formula is C10H16F2N4O. The molecule has 0 amide bonds. The molecule has 0 saturated heterocycles. The minimum atomic E-state index is -2.54. The summed E-state index contributed by atoms with van der Waals surface area (Å²) in [6.45, 7) is 4.74. The van der Waals surface area contributed by atoms with Crippen molar-refractivity contribution in [1.82, 2.24) is 9.97 Å². The fourth-order valence-electron chi connectivity index (χ4n) is 1.19. The minimum absolute atomic E-state index is 0.0524. The summed E-state index contributed by atoms with van der Waals surface area (Å²) in [4.78, 5) is 8.25. The molecule has 7 heteroatoms. The second-order valence-corrected chi connectivity index (χ2v) is 3.86. The van der Waals surface area contributed by atoms with Crippen LogP contribution < -0.4 is 16.0 Å². The van der Waals surface area contributed by atoms with Crippen molar-refractivity contribution in [3.05, 3.63) is 11.4 Å². The molecule has 3 N–H and O–H groups in total. The van der Waals surface area contributed by atoms with Crippen molar-refractivity contribution in [3.8, 4) is 5.88 Å². The number of nitrogens with one attached hydrogen (secondary N) is 1. The molecule has 0 bridgehead atoms. The molecule has 5 nitrogen and oxygen atoms in total. The smallest absolute Gasteiger partial charge is 0.272 e. The Morgan fingerprint density at radius 3 is 2.47 bits per heavy atom. The summed E-state index contributed by atoms with van der Waals surface area (Å²) < 4.78 is 29.1. The van der Waals surface area contributed by atoms with Crippen molar-refractivity contribution in [2.24, 2.45) is 5.84 Å². The molecule has 0 fully saturated rings. The van der Waals surface area contributed by atoms with Crippen LogP contribution in [-0.2, 0) is 0 Å². The number of hydrogen-bond donors (Lipinski definition) is 2. The molecule has 0 aliphatic heterocycles. The van der Waals surface area contributed by atoms with E-state index in [-0.39, 0.29) is 11.8 Å². The molecule has 1 aromatic rings. The van der Waals surface area contributed by atoms with E-state index >= 15 is 0 Å². The lowest BCUT2D eigenvalue weighted by Crippen LogP contribution is -2.16. The quantitative estimate of drug-likeness (QED) is 0.612. The van der Waals surface area contributed by atoms with Crippen molar-refractivity contribution in [1.29, 1.82) is 0 Å². The number of hydrazine groups is 1. The van der Waals surface area contributed by atoms with E-state index in [0.29, 0.717) is 17.2 Å². The summed E-state index contributed by atoms with van der Waals surface area (Å²) in [5.41, 5.74) is 2.91. The van der Waals surface area contributed by atoms with Crippen molar-refractivity contribution in [2.45, 2.75) is 33.1 Å². The second-order valence-electron chi connectivity index (χ2n) is 3.86. The average molecular weight is 246 g/mol. The SMILES string of the molecule is Cc1c(NN)nc(C(C)C)nc1OCC(F)F. The van der Waals surface area contributed by atoms with E-state index in [1.165, 1.54) is 0 Å². The van der Waals surface area contributed by atoms with Crippen LogP contribution in [0.1, 0.15) is 31.2 Å². The predicted molar refractivity (Wildman–Crippen MR) is 60.2 cm³/mol. The maximum absolute atomic E-state index is 12.1. The number of nitrogens with zero attached hydrogens (tertiary/aromatic N) is 2. The van der Waals surface area contributed by atoms with E-state index in [9.17, 15) is 8.78 Å².